The molecule has 0 aliphatic rings. The first kappa shape index (κ1) is 19.7. The maximum Gasteiger partial charge on any atom is 0.387 e. The van der Waals surface area contributed by atoms with Gasteiger partial charge >= 0.3 is 6.61 Å². The molecule has 1 atom stereocenters. The topological polar surface area (TPSA) is 41.6 Å². The third kappa shape index (κ3) is 4.95. The molecule has 1 amide bonds. The molecular formula is C18H18F4N2O2. The van der Waals surface area contributed by atoms with Gasteiger partial charge in [0.1, 0.15) is 17.4 Å². The molecule has 0 heterocycles. The summed E-state index contributed by atoms with van der Waals surface area (Å²) in [7, 11) is 3.28. The number of likely N-dealkylation sites (N-methyl/N-ethyl adjacent to an activating group) is 1. The van der Waals surface area contributed by atoms with Gasteiger partial charge in [0, 0.05) is 17.7 Å². The summed E-state index contributed by atoms with van der Waals surface area (Å²) in [6, 6.07) is 7.96. The summed E-state index contributed by atoms with van der Waals surface area (Å²) in [6.45, 7) is -3.00. The van der Waals surface area contributed by atoms with E-state index in [0.717, 1.165) is 12.1 Å². The van der Waals surface area contributed by atoms with Gasteiger partial charge in [-0.25, -0.2) is 8.78 Å². The minimum atomic E-state index is -2.95. The fourth-order valence-corrected chi connectivity index (χ4v) is 2.45. The van der Waals surface area contributed by atoms with Crippen LogP contribution in [0, 0.1) is 11.6 Å². The smallest absolute Gasteiger partial charge is 0.387 e. The normalized spacial score (nSPS) is 12.3. The molecule has 4 nitrogen and oxygen atoms in total. The summed E-state index contributed by atoms with van der Waals surface area (Å²) in [6.07, 6.45) is 0. The number of hydrogen-bond acceptors (Lipinski definition) is 3. The highest BCUT2D eigenvalue weighted by atomic mass is 19.3. The van der Waals surface area contributed by atoms with Crippen LogP contribution in [0.4, 0.5) is 17.6 Å². The summed E-state index contributed by atoms with van der Waals surface area (Å²) in [5.41, 5.74) is 0.0663. The van der Waals surface area contributed by atoms with Crippen LogP contribution in [0.5, 0.6) is 5.75 Å². The van der Waals surface area contributed by atoms with E-state index < -0.39 is 30.2 Å². The number of carbonyl (C=O) groups excluding carboxylic acids is 1. The predicted molar refractivity (Wildman–Crippen MR) is 88.2 cm³/mol. The quantitative estimate of drug-likeness (QED) is 0.758. The molecular weight excluding hydrogens is 352 g/mol. The van der Waals surface area contributed by atoms with Gasteiger partial charge in [-0.1, -0.05) is 6.07 Å². The molecule has 26 heavy (non-hydrogen) atoms. The number of benzene rings is 2. The molecule has 0 spiro atoms. The van der Waals surface area contributed by atoms with Crippen LogP contribution in [0.1, 0.15) is 22.0 Å². The monoisotopic (exact) mass is 370 g/mol. The molecule has 140 valence electrons. The predicted octanol–water partition coefficient (Wildman–Crippen LogP) is 3.60. The average molecular weight is 370 g/mol. The number of alkyl halides is 2. The van der Waals surface area contributed by atoms with Gasteiger partial charge in [-0.2, -0.15) is 8.78 Å². The van der Waals surface area contributed by atoms with Crippen molar-refractivity contribution in [1.82, 2.24) is 10.2 Å². The molecule has 2 aromatic carbocycles. The first-order valence-corrected chi connectivity index (χ1v) is 7.73. The lowest BCUT2D eigenvalue weighted by Crippen LogP contribution is -2.35. The Morgan fingerprint density at radius 3 is 2.15 bits per heavy atom. The molecule has 0 saturated carbocycles. The molecule has 1 unspecified atom stereocenters. The minimum Gasteiger partial charge on any atom is -0.435 e. The van der Waals surface area contributed by atoms with Crippen LogP contribution in [-0.4, -0.2) is 38.1 Å². The molecule has 0 aliphatic heterocycles. The van der Waals surface area contributed by atoms with Crippen LogP contribution in [0.25, 0.3) is 0 Å². The zero-order chi connectivity index (χ0) is 19.3. The van der Waals surface area contributed by atoms with Crippen LogP contribution in [0.15, 0.2) is 42.5 Å². The second kappa shape index (κ2) is 8.66. The van der Waals surface area contributed by atoms with Crippen LogP contribution in [-0.2, 0) is 0 Å². The first-order chi connectivity index (χ1) is 12.3. The van der Waals surface area contributed by atoms with E-state index in [-0.39, 0.29) is 23.4 Å². The van der Waals surface area contributed by atoms with Crippen LogP contribution in [0.3, 0.4) is 0 Å². The number of rotatable bonds is 7. The zero-order valence-corrected chi connectivity index (χ0v) is 14.2. The van der Waals surface area contributed by atoms with Crippen molar-refractivity contribution in [2.75, 3.05) is 20.6 Å². The van der Waals surface area contributed by atoms with E-state index >= 15 is 0 Å². The lowest BCUT2D eigenvalue weighted by molar-refractivity contribution is -0.0498. The van der Waals surface area contributed by atoms with Gasteiger partial charge in [0.05, 0.1) is 6.04 Å². The molecule has 2 aromatic rings. The van der Waals surface area contributed by atoms with E-state index in [1.54, 1.807) is 19.0 Å². The lowest BCUT2D eigenvalue weighted by atomic mass is 10.0. The number of nitrogens with one attached hydrogen (secondary N) is 1. The summed E-state index contributed by atoms with van der Waals surface area (Å²) < 4.78 is 56.5. The summed E-state index contributed by atoms with van der Waals surface area (Å²) in [5.74, 6) is -1.98. The van der Waals surface area contributed by atoms with Crippen LogP contribution in [0.2, 0.25) is 0 Å². The van der Waals surface area contributed by atoms with Gasteiger partial charge in [-0.05, 0) is 50.5 Å². The molecule has 1 N–H and O–H groups in total. The molecule has 0 bridgehead atoms. The molecule has 0 aliphatic carbocycles. The Kier molecular flexibility index (Phi) is 6.57. The number of ether oxygens (including phenoxy) is 1. The standard InChI is InChI=1S/C18H18F4N2O2/c1-24(2)15(16-13(19)4-3-5-14(16)20)10-23-17(25)11-6-8-12(9-7-11)26-18(21)22/h3-9,15,18H,10H2,1-2H3,(H,23,25). The molecule has 2 rings (SSSR count). The van der Waals surface area contributed by atoms with Gasteiger partial charge in [-0.15, -0.1) is 0 Å². The molecule has 0 radical (unpaired) electrons. The number of halogens is 4. The van der Waals surface area contributed by atoms with Crippen molar-refractivity contribution < 1.29 is 27.1 Å². The largest absolute Gasteiger partial charge is 0.435 e. The first-order valence-electron chi connectivity index (χ1n) is 7.73. The lowest BCUT2D eigenvalue weighted by Gasteiger charge is -2.25. The van der Waals surface area contributed by atoms with Gasteiger partial charge < -0.3 is 15.0 Å². The highest BCUT2D eigenvalue weighted by molar-refractivity contribution is 5.94. The Morgan fingerprint density at radius 2 is 1.65 bits per heavy atom. The summed E-state index contributed by atoms with van der Waals surface area (Å²) in [4.78, 5) is 13.8. The maximum atomic E-state index is 14.0. The van der Waals surface area contributed by atoms with E-state index in [1.807, 2.05) is 0 Å². The zero-order valence-electron chi connectivity index (χ0n) is 14.2. The van der Waals surface area contributed by atoms with E-state index in [0.29, 0.717) is 0 Å². The third-order valence-electron chi connectivity index (χ3n) is 3.75. The highest BCUT2D eigenvalue weighted by Crippen LogP contribution is 2.24. The molecule has 0 fully saturated rings. The Hall–Kier alpha value is -2.61. The minimum absolute atomic E-state index is 0.0427. The molecule has 8 heteroatoms. The van der Waals surface area contributed by atoms with E-state index in [9.17, 15) is 22.4 Å². The number of amides is 1. The van der Waals surface area contributed by atoms with Crippen molar-refractivity contribution in [3.63, 3.8) is 0 Å². The van der Waals surface area contributed by atoms with Crippen LogP contribution < -0.4 is 10.1 Å². The number of hydrogen-bond donors (Lipinski definition) is 1. The van der Waals surface area contributed by atoms with Crippen LogP contribution >= 0.6 is 0 Å². The molecule has 0 saturated heterocycles. The summed E-state index contributed by atoms with van der Waals surface area (Å²) >= 11 is 0. The Balaban J connectivity index is 2.08. The van der Waals surface area contributed by atoms with Crippen molar-refractivity contribution >= 4 is 5.91 Å². The van der Waals surface area contributed by atoms with E-state index in [4.69, 9.17) is 0 Å². The van der Waals surface area contributed by atoms with E-state index in [2.05, 4.69) is 10.1 Å². The average Bonchev–Trinajstić information content (AvgIpc) is 2.57. The van der Waals surface area contributed by atoms with Gasteiger partial charge in [0.25, 0.3) is 5.91 Å². The van der Waals surface area contributed by atoms with Crippen molar-refractivity contribution in [3.05, 3.63) is 65.2 Å². The van der Waals surface area contributed by atoms with Crippen molar-refractivity contribution in [1.29, 1.82) is 0 Å². The fourth-order valence-electron chi connectivity index (χ4n) is 2.45. The van der Waals surface area contributed by atoms with Gasteiger partial charge in [0.2, 0.25) is 0 Å². The van der Waals surface area contributed by atoms with Crippen molar-refractivity contribution in [2.45, 2.75) is 12.7 Å². The fraction of sp³-hybridized carbons (Fsp3) is 0.278. The van der Waals surface area contributed by atoms with Gasteiger partial charge in [-0.3, -0.25) is 4.79 Å². The molecule has 0 aromatic heterocycles. The second-order valence-electron chi connectivity index (χ2n) is 5.73. The van der Waals surface area contributed by atoms with Crippen molar-refractivity contribution in [2.24, 2.45) is 0 Å². The Morgan fingerprint density at radius 1 is 1.08 bits per heavy atom. The SMILES string of the molecule is CN(C)C(CNC(=O)c1ccc(OC(F)F)cc1)c1c(F)cccc1F. The summed E-state index contributed by atoms with van der Waals surface area (Å²) in [5, 5.41) is 2.59. The van der Waals surface area contributed by atoms with Crippen molar-refractivity contribution in [3.8, 4) is 5.75 Å². The Bertz CT molecular complexity index is 731. The van der Waals surface area contributed by atoms with E-state index in [1.165, 1.54) is 30.3 Å². The number of carbonyl (C=O) groups is 1. The maximum absolute atomic E-state index is 14.0. The van der Waals surface area contributed by atoms with Gasteiger partial charge in [0.15, 0.2) is 0 Å². The number of nitrogens with zero attached hydrogens (tertiary/aromatic N) is 1. The Labute approximate surface area is 148 Å². The third-order valence-corrected chi connectivity index (χ3v) is 3.75. The highest BCUT2D eigenvalue weighted by Gasteiger charge is 2.23. The second-order valence-corrected chi connectivity index (χ2v) is 5.73.